The molecule has 0 spiro atoms. The highest BCUT2D eigenvalue weighted by atomic mass is 16.5. The molecule has 2 heterocycles. The number of hydrogen-bond donors (Lipinski definition) is 0. The molecule has 0 amide bonds. The minimum Gasteiger partial charge on any atom is -0.472 e. The average Bonchev–Trinajstić information content (AvgIpc) is 2.66. The molecule has 1 aliphatic rings. The van der Waals surface area contributed by atoms with Gasteiger partial charge in [-0.25, -0.2) is 0 Å². The molecule has 0 atom stereocenters. The van der Waals surface area contributed by atoms with Crippen molar-refractivity contribution in [2.75, 3.05) is 32.8 Å². The molecule has 0 aliphatic carbocycles. The van der Waals surface area contributed by atoms with Crippen LogP contribution in [0.15, 0.2) is 16.9 Å². The smallest absolute Gasteiger partial charge is 0.180 e. The van der Waals surface area contributed by atoms with Crippen LogP contribution in [0.3, 0.4) is 0 Å². The maximum Gasteiger partial charge on any atom is 0.180 e. The number of nitrogens with zero attached hydrogens (tertiary/aromatic N) is 1. The Bertz CT molecular complexity index is 339. The SMILES string of the molecule is Cc1cocc1C(=O)CN1CCOCC1. The largest absolute Gasteiger partial charge is 0.472 e. The van der Waals surface area contributed by atoms with Gasteiger partial charge in [-0.15, -0.1) is 0 Å². The lowest BCUT2D eigenvalue weighted by Crippen LogP contribution is -2.39. The molecular weight excluding hydrogens is 194 g/mol. The van der Waals surface area contributed by atoms with Crippen LogP contribution in [0.1, 0.15) is 15.9 Å². The minimum atomic E-state index is 0.128. The van der Waals surface area contributed by atoms with Gasteiger partial charge in [0.2, 0.25) is 0 Å². The quantitative estimate of drug-likeness (QED) is 0.699. The summed E-state index contributed by atoms with van der Waals surface area (Å²) in [4.78, 5) is 14.0. The van der Waals surface area contributed by atoms with Crippen LogP contribution < -0.4 is 0 Å². The first kappa shape index (κ1) is 10.4. The monoisotopic (exact) mass is 209 g/mol. The number of Topliss-reactive ketones (excluding diaryl/α,β-unsaturated/α-hetero) is 1. The zero-order valence-electron chi connectivity index (χ0n) is 8.86. The summed E-state index contributed by atoms with van der Waals surface area (Å²) in [5.74, 6) is 0.128. The van der Waals surface area contributed by atoms with E-state index in [9.17, 15) is 4.79 Å². The van der Waals surface area contributed by atoms with Gasteiger partial charge in [-0.1, -0.05) is 0 Å². The summed E-state index contributed by atoms with van der Waals surface area (Å²) < 4.78 is 10.2. The van der Waals surface area contributed by atoms with Crippen LogP contribution in [-0.2, 0) is 4.74 Å². The number of carbonyl (C=O) groups excluding carboxylic acids is 1. The molecule has 1 aromatic rings. The fraction of sp³-hybridized carbons (Fsp3) is 0.545. The van der Waals surface area contributed by atoms with E-state index in [-0.39, 0.29) is 5.78 Å². The normalized spacial score (nSPS) is 17.9. The maximum atomic E-state index is 11.9. The molecule has 1 aliphatic heterocycles. The molecule has 0 N–H and O–H groups in total. The van der Waals surface area contributed by atoms with E-state index in [4.69, 9.17) is 9.15 Å². The number of furan rings is 1. The summed E-state index contributed by atoms with van der Waals surface area (Å²) in [6.45, 7) is 5.46. The fourth-order valence-corrected chi connectivity index (χ4v) is 1.69. The van der Waals surface area contributed by atoms with Crippen molar-refractivity contribution in [1.82, 2.24) is 4.90 Å². The van der Waals surface area contributed by atoms with E-state index in [2.05, 4.69) is 4.90 Å². The highest BCUT2D eigenvalue weighted by Gasteiger charge is 2.17. The molecule has 15 heavy (non-hydrogen) atoms. The molecular formula is C11H15NO3. The Morgan fingerprint density at radius 3 is 2.73 bits per heavy atom. The Hall–Kier alpha value is -1.13. The average molecular weight is 209 g/mol. The van der Waals surface area contributed by atoms with E-state index >= 15 is 0 Å². The first-order chi connectivity index (χ1) is 7.27. The summed E-state index contributed by atoms with van der Waals surface area (Å²) in [5, 5.41) is 0. The predicted octanol–water partition coefficient (Wildman–Crippen LogP) is 1.10. The zero-order chi connectivity index (χ0) is 10.7. The summed E-state index contributed by atoms with van der Waals surface area (Å²) in [7, 11) is 0. The second-order valence-corrected chi connectivity index (χ2v) is 3.78. The first-order valence-corrected chi connectivity index (χ1v) is 5.13. The van der Waals surface area contributed by atoms with Gasteiger partial charge in [0.15, 0.2) is 5.78 Å². The van der Waals surface area contributed by atoms with Crippen molar-refractivity contribution in [2.45, 2.75) is 6.92 Å². The lowest BCUT2D eigenvalue weighted by molar-refractivity contribution is 0.0371. The van der Waals surface area contributed by atoms with Crippen LogP contribution in [0.5, 0.6) is 0 Å². The maximum absolute atomic E-state index is 11.9. The van der Waals surface area contributed by atoms with Gasteiger partial charge in [0.1, 0.15) is 6.26 Å². The second kappa shape index (κ2) is 4.59. The van der Waals surface area contributed by atoms with Crippen molar-refractivity contribution in [3.63, 3.8) is 0 Å². The third-order valence-electron chi connectivity index (χ3n) is 2.63. The van der Waals surface area contributed by atoms with E-state index < -0.39 is 0 Å². The number of rotatable bonds is 3. The third-order valence-corrected chi connectivity index (χ3v) is 2.63. The highest BCUT2D eigenvalue weighted by Crippen LogP contribution is 2.10. The summed E-state index contributed by atoms with van der Waals surface area (Å²) in [5.41, 5.74) is 1.61. The van der Waals surface area contributed by atoms with Gasteiger partial charge in [0.05, 0.1) is 31.6 Å². The van der Waals surface area contributed by atoms with Crippen LogP contribution in [0.4, 0.5) is 0 Å². The van der Waals surface area contributed by atoms with Gasteiger partial charge < -0.3 is 9.15 Å². The molecule has 0 radical (unpaired) electrons. The van der Waals surface area contributed by atoms with Crippen molar-refractivity contribution in [2.24, 2.45) is 0 Å². The lowest BCUT2D eigenvalue weighted by atomic mass is 10.1. The lowest BCUT2D eigenvalue weighted by Gasteiger charge is -2.25. The molecule has 0 unspecified atom stereocenters. The number of ketones is 1. The van der Waals surface area contributed by atoms with Crippen LogP contribution in [0.2, 0.25) is 0 Å². The highest BCUT2D eigenvalue weighted by molar-refractivity contribution is 5.98. The van der Waals surface area contributed by atoms with E-state index in [1.165, 1.54) is 6.26 Å². The van der Waals surface area contributed by atoms with Gasteiger partial charge in [-0.2, -0.15) is 0 Å². The molecule has 82 valence electrons. The molecule has 0 bridgehead atoms. The molecule has 4 heteroatoms. The molecule has 4 nitrogen and oxygen atoms in total. The Kier molecular flexibility index (Phi) is 3.18. The van der Waals surface area contributed by atoms with Crippen LogP contribution in [0, 0.1) is 6.92 Å². The molecule has 0 saturated carbocycles. The van der Waals surface area contributed by atoms with E-state index in [0.29, 0.717) is 12.1 Å². The topological polar surface area (TPSA) is 42.7 Å². The Balaban J connectivity index is 1.94. The van der Waals surface area contributed by atoms with Crippen molar-refractivity contribution >= 4 is 5.78 Å². The van der Waals surface area contributed by atoms with Crippen molar-refractivity contribution in [3.8, 4) is 0 Å². The third kappa shape index (κ3) is 2.46. The van der Waals surface area contributed by atoms with E-state index in [0.717, 1.165) is 31.9 Å². The number of morpholine rings is 1. The number of hydrogen-bond acceptors (Lipinski definition) is 4. The van der Waals surface area contributed by atoms with E-state index in [1.54, 1.807) is 6.26 Å². The standard InChI is InChI=1S/C11H15NO3/c1-9-7-15-8-10(9)11(13)6-12-2-4-14-5-3-12/h7-8H,2-6H2,1H3. The number of carbonyl (C=O) groups is 1. The Morgan fingerprint density at radius 1 is 1.40 bits per heavy atom. The molecule has 1 saturated heterocycles. The number of ether oxygens (including phenoxy) is 1. The van der Waals surface area contributed by atoms with Gasteiger partial charge in [0, 0.05) is 13.1 Å². The first-order valence-electron chi connectivity index (χ1n) is 5.13. The molecule has 1 fully saturated rings. The Morgan fingerprint density at radius 2 is 2.13 bits per heavy atom. The summed E-state index contributed by atoms with van der Waals surface area (Å²) >= 11 is 0. The molecule has 0 aromatic carbocycles. The second-order valence-electron chi connectivity index (χ2n) is 3.78. The van der Waals surface area contributed by atoms with Crippen LogP contribution in [-0.4, -0.2) is 43.5 Å². The fourth-order valence-electron chi connectivity index (χ4n) is 1.69. The molecule has 1 aromatic heterocycles. The van der Waals surface area contributed by atoms with Gasteiger partial charge >= 0.3 is 0 Å². The van der Waals surface area contributed by atoms with E-state index in [1.807, 2.05) is 6.92 Å². The van der Waals surface area contributed by atoms with Crippen molar-refractivity contribution < 1.29 is 13.9 Å². The Labute approximate surface area is 88.8 Å². The number of aryl methyl sites for hydroxylation is 1. The predicted molar refractivity (Wildman–Crippen MR) is 55.0 cm³/mol. The minimum absolute atomic E-state index is 0.128. The summed E-state index contributed by atoms with van der Waals surface area (Å²) in [6.07, 6.45) is 3.13. The van der Waals surface area contributed by atoms with Gasteiger partial charge in [0.25, 0.3) is 0 Å². The van der Waals surface area contributed by atoms with Crippen molar-refractivity contribution in [3.05, 3.63) is 23.7 Å². The van der Waals surface area contributed by atoms with Gasteiger partial charge in [-0.3, -0.25) is 9.69 Å². The van der Waals surface area contributed by atoms with Crippen LogP contribution in [0.25, 0.3) is 0 Å². The summed E-state index contributed by atoms with van der Waals surface area (Å²) in [6, 6.07) is 0. The van der Waals surface area contributed by atoms with Gasteiger partial charge in [-0.05, 0) is 12.5 Å². The zero-order valence-corrected chi connectivity index (χ0v) is 8.86. The van der Waals surface area contributed by atoms with Crippen LogP contribution >= 0.6 is 0 Å². The van der Waals surface area contributed by atoms with Crippen molar-refractivity contribution in [1.29, 1.82) is 0 Å². The molecule has 2 rings (SSSR count).